The zero-order valence-electron chi connectivity index (χ0n) is 8.20. The highest BCUT2D eigenvalue weighted by Crippen LogP contribution is 2.04. The lowest BCUT2D eigenvalue weighted by atomic mass is 10.3. The van der Waals surface area contributed by atoms with Gasteiger partial charge in [-0.1, -0.05) is 0 Å². The van der Waals surface area contributed by atoms with Crippen molar-refractivity contribution in [3.8, 4) is 0 Å². The van der Waals surface area contributed by atoms with Gasteiger partial charge in [0.25, 0.3) is 0 Å². The van der Waals surface area contributed by atoms with Crippen molar-refractivity contribution < 1.29 is 18.3 Å². The number of carbonyl (C=O) groups excluding carboxylic acids is 1. The molecule has 16 heavy (non-hydrogen) atoms. The monoisotopic (exact) mass is 245 g/mol. The summed E-state index contributed by atoms with van der Waals surface area (Å²) in [5.41, 5.74) is 4.77. The van der Waals surface area contributed by atoms with E-state index in [0.717, 1.165) is 6.20 Å². The van der Waals surface area contributed by atoms with E-state index in [1.165, 1.54) is 18.3 Å². The first-order valence-electron chi connectivity index (χ1n) is 4.30. The molecule has 0 aliphatic heterocycles. The predicted molar refractivity (Wildman–Crippen MR) is 54.6 cm³/mol. The third-order valence-corrected chi connectivity index (χ3v) is 3.15. The maximum atomic E-state index is 11.5. The van der Waals surface area contributed by atoms with Gasteiger partial charge in [0.05, 0.1) is 0 Å². The molecule has 0 spiro atoms. The van der Waals surface area contributed by atoms with Gasteiger partial charge in [-0.05, 0) is 12.1 Å². The van der Waals surface area contributed by atoms with Crippen LogP contribution in [0.2, 0.25) is 0 Å². The minimum Gasteiger partial charge on any atom is -0.382 e. The molecule has 0 fully saturated rings. The molecule has 8 heteroatoms. The van der Waals surface area contributed by atoms with Crippen molar-refractivity contribution in [2.24, 2.45) is 5.73 Å². The van der Waals surface area contributed by atoms with Crippen LogP contribution in [0, 0.1) is 0 Å². The maximum Gasteiger partial charge on any atom is 0.247 e. The van der Waals surface area contributed by atoms with Crippen LogP contribution >= 0.6 is 0 Å². The summed E-state index contributed by atoms with van der Waals surface area (Å²) in [5.74, 6) is -0.992. The number of hydrogen-bond donors (Lipinski definition) is 3. The van der Waals surface area contributed by atoms with E-state index in [2.05, 4.69) is 4.98 Å². The van der Waals surface area contributed by atoms with Crippen molar-refractivity contribution in [2.75, 3.05) is 6.54 Å². The third-order valence-electron chi connectivity index (χ3n) is 1.74. The standard InChI is InChI=1S/C8H11N3O4S/c9-8(13)7(12)5-11-16(14,15)6-2-1-3-10-4-6/h1-4,7,11-12H,5H2,(H2,9,13). The smallest absolute Gasteiger partial charge is 0.247 e. The van der Waals surface area contributed by atoms with Crippen molar-refractivity contribution in [2.45, 2.75) is 11.0 Å². The Balaban J connectivity index is 2.71. The van der Waals surface area contributed by atoms with E-state index >= 15 is 0 Å². The Bertz CT molecular complexity index is 459. The molecule has 88 valence electrons. The molecule has 0 bridgehead atoms. The average molecular weight is 245 g/mol. The number of sulfonamides is 1. The van der Waals surface area contributed by atoms with Gasteiger partial charge in [0, 0.05) is 18.9 Å². The molecular formula is C8H11N3O4S. The summed E-state index contributed by atoms with van der Waals surface area (Å²) in [5, 5.41) is 9.02. The summed E-state index contributed by atoms with van der Waals surface area (Å²) < 4.78 is 25.1. The number of hydrogen-bond acceptors (Lipinski definition) is 5. The highest BCUT2D eigenvalue weighted by molar-refractivity contribution is 7.89. The second kappa shape index (κ2) is 5.01. The van der Waals surface area contributed by atoms with Gasteiger partial charge in [-0.2, -0.15) is 0 Å². The molecule has 7 nitrogen and oxygen atoms in total. The quantitative estimate of drug-likeness (QED) is 0.565. The van der Waals surface area contributed by atoms with Crippen molar-refractivity contribution in [3.63, 3.8) is 0 Å². The number of nitrogens with zero attached hydrogens (tertiary/aromatic N) is 1. The Labute approximate surface area is 92.4 Å². The lowest BCUT2D eigenvalue weighted by Gasteiger charge is -2.08. The van der Waals surface area contributed by atoms with E-state index < -0.39 is 28.6 Å². The highest BCUT2D eigenvalue weighted by atomic mass is 32.2. The average Bonchev–Trinajstić information content (AvgIpc) is 2.27. The number of rotatable bonds is 5. The van der Waals surface area contributed by atoms with Crippen LogP contribution in [0.25, 0.3) is 0 Å². The van der Waals surface area contributed by atoms with E-state index in [1.54, 1.807) is 0 Å². The molecule has 0 saturated carbocycles. The molecule has 1 aromatic rings. The lowest BCUT2D eigenvalue weighted by Crippen LogP contribution is -2.39. The summed E-state index contributed by atoms with van der Waals surface area (Å²) in [6.07, 6.45) is 1.03. The molecule has 1 amide bonds. The Hall–Kier alpha value is -1.51. The van der Waals surface area contributed by atoms with E-state index in [9.17, 15) is 13.2 Å². The third kappa shape index (κ3) is 3.26. The molecule has 0 aliphatic carbocycles. The van der Waals surface area contributed by atoms with Gasteiger partial charge in [-0.25, -0.2) is 13.1 Å². The van der Waals surface area contributed by atoms with Gasteiger partial charge in [0.15, 0.2) is 0 Å². The molecule has 0 aromatic carbocycles. The Kier molecular flexibility index (Phi) is 3.93. The number of nitrogens with two attached hydrogens (primary N) is 1. The summed E-state index contributed by atoms with van der Waals surface area (Å²) in [7, 11) is -3.77. The molecule has 1 aromatic heterocycles. The van der Waals surface area contributed by atoms with Crippen LogP contribution < -0.4 is 10.5 Å². The molecule has 1 rings (SSSR count). The number of primary amides is 1. The normalized spacial score (nSPS) is 13.3. The second-order valence-electron chi connectivity index (χ2n) is 2.96. The van der Waals surface area contributed by atoms with Gasteiger partial charge >= 0.3 is 0 Å². The number of carbonyl (C=O) groups is 1. The number of aliphatic hydroxyl groups excluding tert-OH is 1. The van der Waals surface area contributed by atoms with Crippen molar-refractivity contribution >= 4 is 15.9 Å². The van der Waals surface area contributed by atoms with Gasteiger partial charge in [0.2, 0.25) is 15.9 Å². The first-order valence-corrected chi connectivity index (χ1v) is 5.79. The first-order chi connectivity index (χ1) is 7.43. The molecule has 4 N–H and O–H groups in total. The predicted octanol–water partition coefficient (Wildman–Crippen LogP) is -1.79. The lowest BCUT2D eigenvalue weighted by molar-refractivity contribution is -0.125. The van der Waals surface area contributed by atoms with Gasteiger partial charge < -0.3 is 10.8 Å². The Morgan fingerprint density at radius 2 is 2.31 bits per heavy atom. The van der Waals surface area contributed by atoms with Crippen LogP contribution in [0.1, 0.15) is 0 Å². The Morgan fingerprint density at radius 3 is 2.81 bits per heavy atom. The molecule has 1 atom stereocenters. The number of amides is 1. The number of aliphatic hydroxyl groups is 1. The molecule has 1 heterocycles. The largest absolute Gasteiger partial charge is 0.382 e. The van der Waals surface area contributed by atoms with Crippen molar-refractivity contribution in [3.05, 3.63) is 24.5 Å². The number of pyridine rings is 1. The van der Waals surface area contributed by atoms with E-state index in [4.69, 9.17) is 10.8 Å². The van der Waals surface area contributed by atoms with E-state index in [-0.39, 0.29) is 4.90 Å². The van der Waals surface area contributed by atoms with Crippen LogP contribution in [0.15, 0.2) is 29.4 Å². The van der Waals surface area contributed by atoms with Gasteiger partial charge in [-0.3, -0.25) is 9.78 Å². The van der Waals surface area contributed by atoms with Crippen molar-refractivity contribution in [1.29, 1.82) is 0 Å². The molecule has 1 unspecified atom stereocenters. The molecule has 0 saturated heterocycles. The fourth-order valence-corrected chi connectivity index (χ4v) is 1.88. The minimum absolute atomic E-state index is 0.0494. The Morgan fingerprint density at radius 1 is 1.62 bits per heavy atom. The van der Waals surface area contributed by atoms with Crippen LogP contribution in [0.5, 0.6) is 0 Å². The molecule has 0 radical (unpaired) electrons. The molecular weight excluding hydrogens is 234 g/mol. The summed E-state index contributed by atoms with van der Waals surface area (Å²) >= 11 is 0. The fraction of sp³-hybridized carbons (Fsp3) is 0.250. The van der Waals surface area contributed by atoms with Gasteiger partial charge in [-0.15, -0.1) is 0 Å². The SMILES string of the molecule is NC(=O)C(O)CNS(=O)(=O)c1cccnc1. The summed E-state index contributed by atoms with van der Waals surface area (Å²) in [6, 6.07) is 2.80. The fourth-order valence-electron chi connectivity index (χ4n) is 0.879. The molecule has 0 aliphatic rings. The van der Waals surface area contributed by atoms with Crippen molar-refractivity contribution in [1.82, 2.24) is 9.71 Å². The van der Waals surface area contributed by atoms with Crippen LogP contribution in [-0.4, -0.2) is 37.1 Å². The van der Waals surface area contributed by atoms with Crippen LogP contribution in [-0.2, 0) is 14.8 Å². The van der Waals surface area contributed by atoms with E-state index in [1.807, 2.05) is 4.72 Å². The highest BCUT2D eigenvalue weighted by Gasteiger charge is 2.18. The van der Waals surface area contributed by atoms with Crippen LogP contribution in [0.3, 0.4) is 0 Å². The minimum atomic E-state index is -3.77. The topological polar surface area (TPSA) is 122 Å². The number of aromatic nitrogens is 1. The zero-order chi connectivity index (χ0) is 12.2. The van der Waals surface area contributed by atoms with Gasteiger partial charge in [0.1, 0.15) is 11.0 Å². The number of nitrogens with one attached hydrogen (secondary N) is 1. The zero-order valence-corrected chi connectivity index (χ0v) is 9.02. The van der Waals surface area contributed by atoms with E-state index in [0.29, 0.717) is 0 Å². The summed E-state index contributed by atoms with van der Waals surface area (Å²) in [4.78, 5) is 14.1. The summed E-state index contributed by atoms with van der Waals surface area (Å²) in [6.45, 7) is -0.466. The van der Waals surface area contributed by atoms with Crippen LogP contribution in [0.4, 0.5) is 0 Å². The second-order valence-corrected chi connectivity index (χ2v) is 4.73. The first kappa shape index (κ1) is 12.6. The maximum absolute atomic E-state index is 11.5.